The Kier molecular flexibility index (Phi) is 8.65. The van der Waals surface area contributed by atoms with E-state index in [-0.39, 0.29) is 43.0 Å². The number of hydrogen-bond donors (Lipinski definition) is 2. The predicted octanol–water partition coefficient (Wildman–Crippen LogP) is 3.95. The van der Waals surface area contributed by atoms with Crippen LogP contribution in [0.25, 0.3) is 0 Å². The van der Waals surface area contributed by atoms with Crippen molar-refractivity contribution in [2.75, 3.05) is 6.61 Å². The van der Waals surface area contributed by atoms with E-state index in [1.807, 2.05) is 0 Å². The molecular weight excluding hydrogens is 531 g/mol. The number of aliphatic hydroxyl groups is 2. The quantitative estimate of drug-likeness (QED) is 0.354. The Bertz CT molecular complexity index is 1190. The number of Topliss-reactive ketones (excluding diaryl/α,β-unsaturated/α-hetero) is 3. The van der Waals surface area contributed by atoms with Gasteiger partial charge >= 0.3 is 5.97 Å². The van der Waals surface area contributed by atoms with Crippen LogP contribution in [0.5, 0.6) is 0 Å². The molecule has 3 saturated carbocycles. The molecule has 0 heterocycles. The third-order valence-electron chi connectivity index (χ3n) is 10.9. The molecule has 9 heteroatoms. The van der Waals surface area contributed by atoms with Crippen molar-refractivity contribution in [3.05, 3.63) is 23.8 Å². The average molecular weight is 575 g/mol. The minimum absolute atomic E-state index is 0.0600. The number of ether oxygens (including phenoxy) is 1. The summed E-state index contributed by atoms with van der Waals surface area (Å²) in [6.07, 6.45) is 5.04. The van der Waals surface area contributed by atoms with Gasteiger partial charge in [-0.3, -0.25) is 24.0 Å². The zero-order valence-electron chi connectivity index (χ0n) is 24.5. The maximum atomic E-state index is 17.3. The van der Waals surface area contributed by atoms with Gasteiger partial charge in [0, 0.05) is 42.4 Å². The van der Waals surface area contributed by atoms with Gasteiger partial charge in [0.15, 0.2) is 18.1 Å². The Morgan fingerprint density at radius 3 is 2.44 bits per heavy atom. The predicted molar refractivity (Wildman–Crippen MR) is 147 cm³/mol. The SMILES string of the molecule is CCC(=O)CCCC(=O)CCC(=O)OCC(=O)[C@@]1(O)[C@H](C)C[C@H]2[C@@H]3CCC4=CC(=O)C=C[C@]4(C)[C@@]3(F)[C@@H](O)C[C@@]21C. The standard InChI is InChI=1S/C32H43FO8/c1-5-21(34)7-6-8-22(35)10-12-28(39)41-18-27(38)32(40)19(2)15-25-24-11-9-20-16-23(36)13-14-29(20,3)31(24,33)26(37)17-30(25,32)4/h13-14,16,19,24-26,37,40H,5-12,15,17-18H2,1-4H3/t19-,24+,25+,26+,29+,30+,31+,32+/m1/s1. The molecule has 41 heavy (non-hydrogen) atoms. The molecule has 2 N–H and O–H groups in total. The summed E-state index contributed by atoms with van der Waals surface area (Å²) in [6.45, 7) is 6.24. The first-order valence-corrected chi connectivity index (χ1v) is 14.9. The summed E-state index contributed by atoms with van der Waals surface area (Å²) in [5.41, 5.74) is -5.69. The van der Waals surface area contributed by atoms with Gasteiger partial charge in [0.25, 0.3) is 0 Å². The summed E-state index contributed by atoms with van der Waals surface area (Å²) in [5.74, 6) is -3.37. The third kappa shape index (κ3) is 4.97. The fourth-order valence-corrected chi connectivity index (χ4v) is 8.49. The summed E-state index contributed by atoms with van der Waals surface area (Å²) in [5, 5.41) is 23.4. The summed E-state index contributed by atoms with van der Waals surface area (Å²) < 4.78 is 22.4. The van der Waals surface area contributed by atoms with Crippen molar-refractivity contribution < 1.29 is 43.3 Å². The lowest BCUT2D eigenvalue weighted by Gasteiger charge is -2.62. The normalized spacial score (nSPS) is 39.3. The average Bonchev–Trinajstić information content (AvgIpc) is 3.13. The largest absolute Gasteiger partial charge is 0.458 e. The molecule has 8 atom stereocenters. The monoisotopic (exact) mass is 574 g/mol. The van der Waals surface area contributed by atoms with Crippen LogP contribution < -0.4 is 0 Å². The van der Waals surface area contributed by atoms with Crippen LogP contribution in [0, 0.1) is 28.6 Å². The van der Waals surface area contributed by atoms with Crippen LogP contribution in [0.1, 0.15) is 91.9 Å². The van der Waals surface area contributed by atoms with E-state index < -0.39 is 64.3 Å². The van der Waals surface area contributed by atoms with Gasteiger partial charge in [-0.1, -0.05) is 32.4 Å². The molecule has 8 nitrogen and oxygen atoms in total. The van der Waals surface area contributed by atoms with Crippen molar-refractivity contribution in [2.24, 2.45) is 28.6 Å². The van der Waals surface area contributed by atoms with Gasteiger partial charge in [0.2, 0.25) is 5.78 Å². The van der Waals surface area contributed by atoms with E-state index in [0.29, 0.717) is 44.1 Å². The highest BCUT2D eigenvalue weighted by atomic mass is 19.1. The van der Waals surface area contributed by atoms with Gasteiger partial charge in [-0.05, 0) is 63.0 Å². The first-order valence-electron chi connectivity index (χ1n) is 14.9. The zero-order valence-corrected chi connectivity index (χ0v) is 24.5. The number of esters is 1. The van der Waals surface area contributed by atoms with Gasteiger partial charge in [-0.15, -0.1) is 0 Å². The maximum absolute atomic E-state index is 17.3. The van der Waals surface area contributed by atoms with Gasteiger partial charge in [0.1, 0.15) is 17.2 Å². The second kappa shape index (κ2) is 11.3. The molecular formula is C32H43FO8. The van der Waals surface area contributed by atoms with Gasteiger partial charge in [-0.25, -0.2) is 4.39 Å². The zero-order chi connectivity index (χ0) is 30.4. The molecule has 226 valence electrons. The van der Waals surface area contributed by atoms with E-state index >= 15 is 4.39 Å². The molecule has 4 aliphatic carbocycles. The molecule has 0 unspecified atom stereocenters. The lowest BCUT2D eigenvalue weighted by Crippen LogP contribution is -2.69. The number of rotatable bonds is 11. The molecule has 3 fully saturated rings. The summed E-state index contributed by atoms with van der Waals surface area (Å²) in [7, 11) is 0. The molecule has 4 aliphatic rings. The van der Waals surface area contributed by atoms with Gasteiger partial charge < -0.3 is 14.9 Å². The summed E-state index contributed by atoms with van der Waals surface area (Å²) in [6, 6.07) is 0. The Balaban J connectivity index is 1.43. The van der Waals surface area contributed by atoms with Crippen LogP contribution in [0.15, 0.2) is 23.8 Å². The highest BCUT2D eigenvalue weighted by Gasteiger charge is 2.75. The van der Waals surface area contributed by atoms with Crippen molar-refractivity contribution >= 4 is 29.1 Å². The molecule has 0 aromatic heterocycles. The highest BCUT2D eigenvalue weighted by molar-refractivity contribution is 6.01. The lowest BCUT2D eigenvalue weighted by atomic mass is 9.44. The number of hydrogen-bond acceptors (Lipinski definition) is 8. The van der Waals surface area contributed by atoms with Crippen LogP contribution in [-0.4, -0.2) is 63.3 Å². The van der Waals surface area contributed by atoms with E-state index in [0.717, 1.165) is 0 Å². The Morgan fingerprint density at radius 1 is 1.07 bits per heavy atom. The van der Waals surface area contributed by atoms with E-state index in [4.69, 9.17) is 4.74 Å². The second-order valence-electron chi connectivity index (χ2n) is 13.0. The van der Waals surface area contributed by atoms with Crippen molar-refractivity contribution in [1.82, 2.24) is 0 Å². The van der Waals surface area contributed by atoms with Crippen molar-refractivity contribution in [1.29, 1.82) is 0 Å². The molecule has 0 aliphatic heterocycles. The minimum atomic E-state index is -2.07. The summed E-state index contributed by atoms with van der Waals surface area (Å²) in [4.78, 5) is 61.3. The molecule has 0 radical (unpaired) electrons. The van der Waals surface area contributed by atoms with E-state index in [9.17, 15) is 34.2 Å². The van der Waals surface area contributed by atoms with Crippen LogP contribution in [0.3, 0.4) is 0 Å². The molecule has 0 bridgehead atoms. The number of aliphatic hydroxyl groups excluding tert-OH is 1. The van der Waals surface area contributed by atoms with Gasteiger partial charge in [-0.2, -0.15) is 0 Å². The number of fused-ring (bicyclic) bond motifs is 5. The molecule has 0 aromatic carbocycles. The second-order valence-corrected chi connectivity index (χ2v) is 13.0. The van der Waals surface area contributed by atoms with Crippen LogP contribution in [-0.2, 0) is 28.7 Å². The topological polar surface area (TPSA) is 135 Å². The number of allylic oxidation sites excluding steroid dienone is 4. The first-order chi connectivity index (χ1) is 19.1. The fourth-order valence-electron chi connectivity index (χ4n) is 8.49. The van der Waals surface area contributed by atoms with E-state index in [1.54, 1.807) is 33.8 Å². The van der Waals surface area contributed by atoms with Crippen molar-refractivity contribution in [2.45, 2.75) is 109 Å². The van der Waals surface area contributed by atoms with Crippen LogP contribution in [0.4, 0.5) is 4.39 Å². The van der Waals surface area contributed by atoms with E-state index in [1.165, 1.54) is 12.2 Å². The Labute approximate surface area is 240 Å². The summed E-state index contributed by atoms with van der Waals surface area (Å²) >= 11 is 0. The molecule has 4 rings (SSSR count). The number of alkyl halides is 1. The van der Waals surface area contributed by atoms with Crippen molar-refractivity contribution in [3.8, 4) is 0 Å². The number of ketones is 4. The molecule has 0 saturated heterocycles. The van der Waals surface area contributed by atoms with E-state index in [2.05, 4.69) is 0 Å². The minimum Gasteiger partial charge on any atom is -0.458 e. The molecule has 0 aromatic rings. The smallest absolute Gasteiger partial charge is 0.306 e. The lowest BCUT2D eigenvalue weighted by molar-refractivity contribution is -0.220. The first kappa shape index (κ1) is 31.4. The number of halogens is 1. The number of carbonyl (C=O) groups excluding carboxylic acids is 5. The third-order valence-corrected chi connectivity index (χ3v) is 10.9. The number of carbonyl (C=O) groups is 5. The van der Waals surface area contributed by atoms with Crippen LogP contribution >= 0.6 is 0 Å². The highest BCUT2D eigenvalue weighted by Crippen LogP contribution is 2.70. The van der Waals surface area contributed by atoms with Crippen LogP contribution in [0.2, 0.25) is 0 Å². The molecule has 0 amide bonds. The van der Waals surface area contributed by atoms with Crippen molar-refractivity contribution in [3.63, 3.8) is 0 Å². The van der Waals surface area contributed by atoms with Gasteiger partial charge in [0.05, 0.1) is 12.5 Å². The molecule has 0 spiro atoms. The fraction of sp³-hybridized carbons (Fsp3) is 0.719. The Morgan fingerprint density at radius 2 is 1.76 bits per heavy atom. The Hall–Kier alpha value is -2.52. The maximum Gasteiger partial charge on any atom is 0.306 e.